The fraction of sp³-hybridized carbons (Fsp3) is 0.280. The van der Waals surface area contributed by atoms with Crippen molar-refractivity contribution in [2.75, 3.05) is 19.0 Å². The Morgan fingerprint density at radius 1 is 1.17 bits per heavy atom. The topological polar surface area (TPSA) is 97.3 Å². The van der Waals surface area contributed by atoms with Crippen molar-refractivity contribution in [3.8, 4) is 11.5 Å². The van der Waals surface area contributed by atoms with Crippen LogP contribution >= 0.6 is 15.9 Å². The van der Waals surface area contributed by atoms with Gasteiger partial charge in [0.2, 0.25) is 0 Å². The molecular formula is C25H21BrFN3O5. The zero-order chi connectivity index (χ0) is 24.7. The number of amides is 3. The van der Waals surface area contributed by atoms with Crippen LogP contribution in [0.5, 0.6) is 11.5 Å². The van der Waals surface area contributed by atoms with Crippen LogP contribution in [0.2, 0.25) is 0 Å². The Bertz CT molecular complexity index is 1230. The highest BCUT2D eigenvalue weighted by Gasteiger charge is 2.59. The third-order valence-corrected chi connectivity index (χ3v) is 7.09. The average molecular weight is 542 g/mol. The molecule has 3 aliphatic rings. The summed E-state index contributed by atoms with van der Waals surface area (Å²) >= 11 is 3.41. The van der Waals surface area contributed by atoms with Crippen molar-refractivity contribution in [1.29, 1.82) is 0 Å². The number of nitrogens with zero attached hydrogens (tertiary/aromatic N) is 2. The van der Waals surface area contributed by atoms with Gasteiger partial charge in [0.15, 0.2) is 18.1 Å². The number of anilines is 1. The Hall–Kier alpha value is -3.53. The molecule has 2 aromatic rings. The number of methoxy groups -OCH3 is 1. The van der Waals surface area contributed by atoms with Crippen molar-refractivity contribution in [1.82, 2.24) is 5.01 Å². The third-order valence-electron chi connectivity index (χ3n) is 6.50. The molecule has 0 unspecified atom stereocenters. The molecule has 4 atom stereocenters. The molecule has 35 heavy (non-hydrogen) atoms. The van der Waals surface area contributed by atoms with Crippen LogP contribution in [0.25, 0.3) is 0 Å². The third kappa shape index (κ3) is 4.34. The van der Waals surface area contributed by atoms with Gasteiger partial charge in [-0.25, -0.2) is 4.39 Å². The highest BCUT2D eigenvalue weighted by molar-refractivity contribution is 9.10. The molecule has 1 N–H and O–H groups in total. The van der Waals surface area contributed by atoms with Crippen LogP contribution in [0, 0.1) is 29.5 Å². The van der Waals surface area contributed by atoms with Gasteiger partial charge in [0, 0.05) is 5.69 Å². The molecule has 5 rings (SSSR count). The van der Waals surface area contributed by atoms with E-state index in [0.29, 0.717) is 27.2 Å². The van der Waals surface area contributed by atoms with E-state index < -0.39 is 11.7 Å². The minimum absolute atomic E-state index is 0.118. The molecule has 0 aromatic heterocycles. The highest BCUT2D eigenvalue weighted by Crippen LogP contribution is 2.52. The van der Waals surface area contributed by atoms with Gasteiger partial charge in [-0.1, -0.05) is 12.2 Å². The predicted octanol–water partition coefficient (Wildman–Crippen LogP) is 3.76. The van der Waals surface area contributed by atoms with E-state index >= 15 is 0 Å². The molecule has 1 saturated carbocycles. The van der Waals surface area contributed by atoms with Gasteiger partial charge < -0.3 is 14.8 Å². The molecule has 180 valence electrons. The molecule has 1 aliphatic heterocycles. The van der Waals surface area contributed by atoms with Crippen molar-refractivity contribution >= 4 is 45.6 Å². The largest absolute Gasteiger partial charge is 0.493 e. The Morgan fingerprint density at radius 2 is 1.83 bits per heavy atom. The molecule has 0 radical (unpaired) electrons. The van der Waals surface area contributed by atoms with Crippen LogP contribution in [-0.2, 0) is 14.4 Å². The number of rotatable bonds is 7. The number of nitrogens with one attached hydrogen (secondary N) is 1. The summed E-state index contributed by atoms with van der Waals surface area (Å²) < 4.78 is 24.5. The fourth-order valence-corrected chi connectivity index (χ4v) is 5.52. The van der Waals surface area contributed by atoms with E-state index in [4.69, 9.17) is 9.47 Å². The smallest absolute Gasteiger partial charge is 0.262 e. The normalized spacial score (nSPS) is 24.4. The van der Waals surface area contributed by atoms with Crippen molar-refractivity contribution in [2.24, 2.45) is 28.8 Å². The molecule has 2 bridgehead atoms. The number of hydrogen-bond acceptors (Lipinski definition) is 6. The zero-order valence-electron chi connectivity index (χ0n) is 18.6. The summed E-state index contributed by atoms with van der Waals surface area (Å²) in [5.74, 6) is -1.12. The maximum atomic E-state index is 13.0. The number of carbonyl (C=O) groups is 3. The van der Waals surface area contributed by atoms with Crippen molar-refractivity contribution in [3.63, 3.8) is 0 Å². The Balaban J connectivity index is 1.26. The van der Waals surface area contributed by atoms with E-state index in [0.717, 1.165) is 11.4 Å². The molecule has 1 saturated heterocycles. The second-order valence-electron chi connectivity index (χ2n) is 8.61. The number of benzene rings is 2. The fourth-order valence-electron chi connectivity index (χ4n) is 4.95. The number of halogens is 2. The highest BCUT2D eigenvalue weighted by atomic mass is 79.9. The van der Waals surface area contributed by atoms with Gasteiger partial charge in [0.25, 0.3) is 17.7 Å². The Kier molecular flexibility index (Phi) is 6.14. The number of imide groups is 1. The number of hydrogen-bond donors (Lipinski definition) is 1. The summed E-state index contributed by atoms with van der Waals surface area (Å²) in [6, 6.07) is 8.68. The monoisotopic (exact) mass is 541 g/mol. The molecule has 3 amide bonds. The van der Waals surface area contributed by atoms with Gasteiger partial charge in [0.05, 0.1) is 29.6 Å². The van der Waals surface area contributed by atoms with E-state index in [9.17, 15) is 18.8 Å². The molecule has 2 aliphatic carbocycles. The van der Waals surface area contributed by atoms with Crippen molar-refractivity contribution in [2.45, 2.75) is 6.42 Å². The molecule has 10 heteroatoms. The van der Waals surface area contributed by atoms with Gasteiger partial charge in [0.1, 0.15) is 5.82 Å². The van der Waals surface area contributed by atoms with Gasteiger partial charge >= 0.3 is 0 Å². The minimum atomic E-state index is -0.434. The van der Waals surface area contributed by atoms with E-state index in [-0.39, 0.29) is 42.1 Å². The van der Waals surface area contributed by atoms with E-state index in [2.05, 4.69) is 26.3 Å². The summed E-state index contributed by atoms with van der Waals surface area (Å²) in [5.41, 5.74) is 1.01. The lowest BCUT2D eigenvalue weighted by Crippen LogP contribution is -2.28. The van der Waals surface area contributed by atoms with Gasteiger partial charge in [-0.15, -0.1) is 0 Å². The van der Waals surface area contributed by atoms with E-state index in [1.807, 2.05) is 12.2 Å². The Labute approximate surface area is 208 Å². The molecular weight excluding hydrogens is 521 g/mol. The SMILES string of the molecule is COc1cc(C=NN2C(=O)[C@@H]3[C@H](C2=O)[C@H]2C=C[C@H]3C2)cc(Br)c1OCC(=O)Nc1ccc(F)cc1. The summed E-state index contributed by atoms with van der Waals surface area (Å²) in [6.45, 7) is -0.310. The van der Waals surface area contributed by atoms with Crippen LogP contribution in [0.3, 0.4) is 0 Å². The first-order chi connectivity index (χ1) is 16.9. The van der Waals surface area contributed by atoms with Gasteiger partial charge in [-0.2, -0.15) is 10.1 Å². The van der Waals surface area contributed by atoms with Crippen LogP contribution in [0.1, 0.15) is 12.0 Å². The predicted molar refractivity (Wildman–Crippen MR) is 128 cm³/mol. The lowest BCUT2D eigenvalue weighted by molar-refractivity contribution is -0.140. The summed E-state index contributed by atoms with van der Waals surface area (Å²) in [4.78, 5) is 37.8. The second kappa shape index (κ2) is 9.26. The van der Waals surface area contributed by atoms with Gasteiger partial charge in [-0.3, -0.25) is 14.4 Å². The number of fused-ring (bicyclic) bond motifs is 5. The number of ether oxygens (including phenoxy) is 2. The second-order valence-corrected chi connectivity index (χ2v) is 9.46. The van der Waals surface area contributed by atoms with Crippen LogP contribution < -0.4 is 14.8 Å². The lowest BCUT2D eigenvalue weighted by atomic mass is 9.85. The number of hydrazone groups is 1. The van der Waals surface area contributed by atoms with E-state index in [1.165, 1.54) is 37.6 Å². The average Bonchev–Trinajstić information content (AvgIpc) is 3.52. The molecule has 2 fully saturated rings. The van der Waals surface area contributed by atoms with Crippen LogP contribution in [0.4, 0.5) is 10.1 Å². The zero-order valence-corrected chi connectivity index (χ0v) is 20.2. The standard InChI is InChI=1S/C25H21BrFN3O5/c1-34-19-9-13(11-28-30-24(32)21-14-2-3-15(10-14)22(21)25(30)33)8-18(26)23(19)35-12-20(31)29-17-6-4-16(27)5-7-17/h2-9,11,14-15,21-22H,10,12H2,1H3,(H,29,31)/t14-,15-,21-,22+/m0/s1. The number of carbonyl (C=O) groups excluding carboxylic acids is 3. The maximum Gasteiger partial charge on any atom is 0.262 e. The molecule has 1 heterocycles. The first kappa shape index (κ1) is 23.2. The first-order valence-electron chi connectivity index (χ1n) is 11.0. The minimum Gasteiger partial charge on any atom is -0.493 e. The first-order valence-corrected chi connectivity index (χ1v) is 11.8. The van der Waals surface area contributed by atoms with Crippen LogP contribution in [0.15, 0.2) is 58.1 Å². The van der Waals surface area contributed by atoms with Crippen molar-refractivity contribution in [3.05, 3.63) is 64.4 Å². The molecule has 8 nitrogen and oxygen atoms in total. The lowest BCUT2D eigenvalue weighted by Gasteiger charge is -2.14. The van der Waals surface area contributed by atoms with Crippen LogP contribution in [-0.4, -0.2) is 42.7 Å². The van der Waals surface area contributed by atoms with Crippen molar-refractivity contribution < 1.29 is 28.2 Å². The quantitative estimate of drug-likeness (QED) is 0.327. The maximum absolute atomic E-state index is 13.0. The molecule has 0 spiro atoms. The summed E-state index contributed by atoms with van der Waals surface area (Å²) in [5, 5.41) is 7.77. The summed E-state index contributed by atoms with van der Waals surface area (Å²) in [7, 11) is 1.45. The number of allylic oxidation sites excluding steroid dienone is 2. The van der Waals surface area contributed by atoms with Gasteiger partial charge in [-0.05, 0) is 76.1 Å². The molecule has 2 aromatic carbocycles. The van der Waals surface area contributed by atoms with E-state index in [1.54, 1.807) is 12.1 Å². The Morgan fingerprint density at radius 3 is 2.46 bits per heavy atom. The summed E-state index contributed by atoms with van der Waals surface area (Å²) in [6.07, 6.45) is 6.35.